The topological polar surface area (TPSA) is 9.23 Å². The van der Waals surface area contributed by atoms with Crippen LogP contribution in [0.25, 0.3) is 0 Å². The van der Waals surface area contributed by atoms with Gasteiger partial charge < -0.3 is 4.74 Å². The van der Waals surface area contributed by atoms with Crippen LogP contribution < -0.4 is 20.7 Å². The van der Waals surface area contributed by atoms with Crippen LogP contribution in [0.2, 0.25) is 0 Å². The summed E-state index contributed by atoms with van der Waals surface area (Å²) in [5.74, 6) is 1.16. The number of hydrogen-bond donors (Lipinski definition) is 0. The summed E-state index contributed by atoms with van der Waals surface area (Å²) < 4.78 is 6.77. The van der Waals surface area contributed by atoms with E-state index < -0.39 is 7.26 Å². The third kappa shape index (κ3) is 8.01. The van der Waals surface area contributed by atoms with Crippen molar-refractivity contribution in [1.82, 2.24) is 0 Å². The summed E-state index contributed by atoms with van der Waals surface area (Å²) in [6.45, 7) is 16.0. The molecule has 1 aliphatic heterocycles. The van der Waals surface area contributed by atoms with Crippen LogP contribution in [0.3, 0.4) is 0 Å². The van der Waals surface area contributed by atoms with Crippen LogP contribution in [0.4, 0.5) is 0 Å². The molecule has 0 N–H and O–H groups in total. The summed E-state index contributed by atoms with van der Waals surface area (Å²) >= 11 is 0. The standard InChI is InChI=1S/C45H57OP/c1-34(22-18-31-45(7)32-30-43-38(5)36(3)37(4)39(6)44(43)46-45)20-17-21-35(2)23-19-33-47(40-24-11-8-12-25-40,41-26-13-9-14-27-41)42-28-15-10-16-29-42/h8-16,21-22,24-29,47H,17-20,23,30-33H2,1-7H3/b34-22+,35-21+/t45-/m1/s1. The van der Waals surface area contributed by atoms with E-state index in [1.54, 1.807) is 0 Å². The van der Waals surface area contributed by atoms with Crippen molar-refractivity contribution in [2.45, 2.75) is 105 Å². The quantitative estimate of drug-likeness (QED) is 0.104. The molecule has 1 atom stereocenters. The molecule has 4 aromatic carbocycles. The van der Waals surface area contributed by atoms with Crippen molar-refractivity contribution >= 4 is 23.2 Å². The predicted molar refractivity (Wildman–Crippen MR) is 209 cm³/mol. The molecule has 0 aliphatic carbocycles. The van der Waals surface area contributed by atoms with Gasteiger partial charge in [-0.1, -0.05) is 0 Å². The first kappa shape index (κ1) is 34.9. The van der Waals surface area contributed by atoms with Crippen molar-refractivity contribution in [2.24, 2.45) is 0 Å². The Balaban J connectivity index is 1.17. The van der Waals surface area contributed by atoms with E-state index in [4.69, 9.17) is 4.74 Å². The number of benzene rings is 4. The van der Waals surface area contributed by atoms with Gasteiger partial charge in [0.2, 0.25) is 0 Å². The Morgan fingerprint density at radius 3 is 1.70 bits per heavy atom. The maximum absolute atomic E-state index is 6.77. The normalized spacial score (nSPS) is 17.3. The zero-order chi connectivity index (χ0) is 33.4. The van der Waals surface area contributed by atoms with Crippen LogP contribution in [0, 0.1) is 27.7 Å². The molecule has 0 bridgehead atoms. The Hall–Kier alpha value is -3.41. The van der Waals surface area contributed by atoms with Gasteiger partial charge in [0.25, 0.3) is 0 Å². The summed E-state index contributed by atoms with van der Waals surface area (Å²) in [5.41, 5.74) is 9.93. The number of rotatable bonds is 13. The molecule has 0 spiro atoms. The summed E-state index contributed by atoms with van der Waals surface area (Å²) in [5, 5.41) is 4.52. The molecule has 0 saturated carbocycles. The van der Waals surface area contributed by atoms with Crippen molar-refractivity contribution in [3.05, 3.63) is 142 Å². The van der Waals surface area contributed by atoms with Crippen LogP contribution in [-0.4, -0.2) is 11.8 Å². The fraction of sp³-hybridized carbons (Fsp3) is 0.378. The van der Waals surface area contributed by atoms with Crippen LogP contribution in [0.1, 0.15) is 93.5 Å². The van der Waals surface area contributed by atoms with Crippen LogP contribution in [0.15, 0.2) is 114 Å². The molecule has 47 heavy (non-hydrogen) atoms. The Morgan fingerprint density at radius 2 is 1.15 bits per heavy atom. The number of allylic oxidation sites excluding steroid dienone is 4. The predicted octanol–water partition coefficient (Wildman–Crippen LogP) is 11.0. The van der Waals surface area contributed by atoms with Crippen LogP contribution in [0.5, 0.6) is 5.75 Å². The third-order valence-electron chi connectivity index (χ3n) is 11.1. The van der Waals surface area contributed by atoms with Crippen molar-refractivity contribution in [3.8, 4) is 5.75 Å². The molecule has 2 heteroatoms. The molecule has 1 aliphatic rings. The van der Waals surface area contributed by atoms with Gasteiger partial charge in [-0.25, -0.2) is 0 Å². The van der Waals surface area contributed by atoms with Crippen molar-refractivity contribution < 1.29 is 4.74 Å². The summed E-state index contributed by atoms with van der Waals surface area (Å²) in [4.78, 5) is 0. The molecule has 248 valence electrons. The number of hydrogen-bond acceptors (Lipinski definition) is 1. The third-order valence-corrected chi connectivity index (χ3v) is 16.2. The molecule has 1 heterocycles. The monoisotopic (exact) mass is 644 g/mol. The first-order valence-corrected chi connectivity index (χ1v) is 20.1. The second kappa shape index (κ2) is 15.7. The van der Waals surface area contributed by atoms with E-state index in [0.29, 0.717) is 0 Å². The van der Waals surface area contributed by atoms with E-state index in [9.17, 15) is 0 Å². The van der Waals surface area contributed by atoms with Gasteiger partial charge in [-0.05, 0) is 75.3 Å². The van der Waals surface area contributed by atoms with E-state index in [0.717, 1.165) is 50.7 Å². The average molecular weight is 645 g/mol. The molecule has 1 nitrogen and oxygen atoms in total. The van der Waals surface area contributed by atoms with Crippen LogP contribution in [-0.2, 0) is 6.42 Å². The molecular formula is C45H57OP. The van der Waals surface area contributed by atoms with Crippen molar-refractivity contribution in [1.29, 1.82) is 0 Å². The first-order chi connectivity index (χ1) is 22.6. The second-order valence-corrected chi connectivity index (χ2v) is 18.4. The minimum absolute atomic E-state index is 0.0864. The van der Waals surface area contributed by atoms with E-state index in [1.165, 1.54) is 67.5 Å². The fourth-order valence-corrected chi connectivity index (χ4v) is 12.6. The number of ether oxygens (including phenoxy) is 1. The summed E-state index contributed by atoms with van der Waals surface area (Å²) in [6, 6.07) is 34.0. The van der Waals surface area contributed by atoms with Gasteiger partial charge in [-0.15, -0.1) is 0 Å². The van der Waals surface area contributed by atoms with Gasteiger partial charge in [-0.2, -0.15) is 0 Å². The van der Waals surface area contributed by atoms with E-state index in [-0.39, 0.29) is 5.60 Å². The zero-order valence-electron chi connectivity index (χ0n) is 30.1. The maximum atomic E-state index is 6.77. The SMILES string of the molecule is C/C(=C\CC[C@]1(C)CCc2c(C)c(C)c(C)c(C)c2O1)CC/C=C(\C)CCC[PH](c1ccccc1)(c1ccccc1)c1ccccc1. The molecule has 0 radical (unpaired) electrons. The summed E-state index contributed by atoms with van der Waals surface area (Å²) in [6.07, 6.45) is 15.1. The Kier molecular flexibility index (Phi) is 11.6. The first-order valence-electron chi connectivity index (χ1n) is 17.9. The van der Waals surface area contributed by atoms with Crippen LogP contribution >= 0.6 is 7.26 Å². The minimum atomic E-state index is -2.15. The molecule has 0 aromatic heterocycles. The molecule has 0 unspecified atom stereocenters. The molecule has 0 amide bonds. The Bertz CT molecular complexity index is 1590. The molecule has 0 saturated heterocycles. The van der Waals surface area contributed by atoms with E-state index >= 15 is 0 Å². The van der Waals surface area contributed by atoms with Crippen molar-refractivity contribution in [2.75, 3.05) is 6.16 Å². The zero-order valence-corrected chi connectivity index (χ0v) is 31.1. The molecule has 5 rings (SSSR count). The second-order valence-electron chi connectivity index (χ2n) is 14.4. The summed E-state index contributed by atoms with van der Waals surface area (Å²) in [7, 11) is -2.15. The van der Waals surface area contributed by atoms with Gasteiger partial charge in [0, 0.05) is 0 Å². The Labute approximate surface area is 286 Å². The van der Waals surface area contributed by atoms with E-state index in [2.05, 4.69) is 152 Å². The van der Waals surface area contributed by atoms with Gasteiger partial charge in [-0.3, -0.25) is 0 Å². The fourth-order valence-electron chi connectivity index (χ4n) is 7.77. The molecule has 4 aromatic rings. The average Bonchev–Trinajstić information content (AvgIpc) is 3.09. The molecular weight excluding hydrogens is 587 g/mol. The van der Waals surface area contributed by atoms with Crippen molar-refractivity contribution in [3.63, 3.8) is 0 Å². The van der Waals surface area contributed by atoms with Gasteiger partial charge >= 0.3 is 202 Å². The van der Waals surface area contributed by atoms with E-state index in [1.807, 2.05) is 0 Å². The Morgan fingerprint density at radius 1 is 0.660 bits per heavy atom. The number of fused-ring (bicyclic) bond motifs is 1. The van der Waals surface area contributed by atoms with Gasteiger partial charge in [0.15, 0.2) is 0 Å². The van der Waals surface area contributed by atoms with Gasteiger partial charge in [0.1, 0.15) is 5.75 Å². The molecule has 0 fully saturated rings. The van der Waals surface area contributed by atoms with Gasteiger partial charge in [0.05, 0.1) is 0 Å².